The molecule has 0 unspecified atom stereocenters. The van der Waals surface area contributed by atoms with Crippen molar-refractivity contribution in [3.05, 3.63) is 194 Å². The fourth-order valence-electron chi connectivity index (χ4n) is 6.94. The Morgan fingerprint density at radius 2 is 0.857 bits per heavy atom. The van der Waals surface area contributed by atoms with Crippen molar-refractivity contribution in [3.63, 3.8) is 0 Å². The average Bonchev–Trinajstić information content (AvgIpc) is 3.56. The van der Waals surface area contributed by atoms with Crippen LogP contribution in [0, 0.1) is 0 Å². The van der Waals surface area contributed by atoms with Gasteiger partial charge in [-0.05, 0) is 89.3 Å². The van der Waals surface area contributed by atoms with Crippen LogP contribution in [0.25, 0.3) is 42.1 Å². The quantitative estimate of drug-likeness (QED) is 0.170. The number of hydrogen-bond acceptors (Lipinski definition) is 3. The van der Waals surface area contributed by atoms with Crippen LogP contribution in [0.2, 0.25) is 0 Å². The molecule has 0 bridgehead atoms. The van der Waals surface area contributed by atoms with Gasteiger partial charge in [0.1, 0.15) is 0 Å². The zero-order valence-corrected chi connectivity index (χ0v) is 27.6. The molecule has 0 saturated heterocycles. The minimum absolute atomic E-state index is 1.12. The number of fused-ring (bicyclic) bond motifs is 4. The molecule has 232 valence electrons. The first-order valence-electron chi connectivity index (χ1n) is 16.6. The predicted molar refractivity (Wildman–Crippen MR) is 212 cm³/mol. The minimum atomic E-state index is 1.12. The maximum absolute atomic E-state index is 2.45. The lowest BCUT2D eigenvalue weighted by Gasteiger charge is -2.28. The van der Waals surface area contributed by atoms with Crippen LogP contribution in [0.15, 0.2) is 194 Å². The highest BCUT2D eigenvalue weighted by Gasteiger charge is 2.21. The molecule has 0 aliphatic heterocycles. The van der Waals surface area contributed by atoms with Crippen LogP contribution in [0.1, 0.15) is 0 Å². The van der Waals surface area contributed by atoms with Crippen molar-refractivity contribution >= 4 is 76.4 Å². The van der Waals surface area contributed by atoms with Crippen molar-refractivity contribution in [2.45, 2.75) is 0 Å². The Kier molecular flexibility index (Phi) is 7.38. The van der Waals surface area contributed by atoms with E-state index in [0.29, 0.717) is 0 Å². The number of para-hydroxylation sites is 3. The van der Waals surface area contributed by atoms with Gasteiger partial charge < -0.3 is 9.80 Å². The first-order chi connectivity index (χ1) is 24.3. The average molecular weight is 645 g/mol. The van der Waals surface area contributed by atoms with Crippen LogP contribution in [-0.2, 0) is 0 Å². The van der Waals surface area contributed by atoms with Gasteiger partial charge in [0.15, 0.2) is 0 Å². The molecular formula is C46H32N2S. The van der Waals surface area contributed by atoms with E-state index in [4.69, 9.17) is 0 Å². The molecule has 0 aliphatic rings. The first-order valence-corrected chi connectivity index (χ1v) is 17.4. The normalized spacial score (nSPS) is 11.3. The summed E-state index contributed by atoms with van der Waals surface area (Å²) in [5.41, 5.74) is 9.19. The Bertz CT molecular complexity index is 2500. The fraction of sp³-hybridized carbons (Fsp3) is 0. The van der Waals surface area contributed by atoms with Crippen LogP contribution in [0.5, 0.6) is 0 Å². The van der Waals surface area contributed by atoms with Crippen LogP contribution in [0.3, 0.4) is 0 Å². The van der Waals surface area contributed by atoms with Gasteiger partial charge in [-0.3, -0.25) is 0 Å². The van der Waals surface area contributed by atoms with Gasteiger partial charge in [-0.2, -0.15) is 0 Å². The van der Waals surface area contributed by atoms with Crippen molar-refractivity contribution in [1.29, 1.82) is 0 Å². The SMILES string of the molecule is c1ccc(N(c2ccccc2)c2ccc(-c3cc(N(c4ccccc4)c4cccc5c4sc4ccccc45)c4ccccc4c3)cc2)cc1. The van der Waals surface area contributed by atoms with E-state index in [-0.39, 0.29) is 0 Å². The lowest BCUT2D eigenvalue weighted by Crippen LogP contribution is -2.11. The zero-order chi connectivity index (χ0) is 32.6. The highest BCUT2D eigenvalue weighted by molar-refractivity contribution is 7.26. The summed E-state index contributed by atoms with van der Waals surface area (Å²) in [6.45, 7) is 0. The number of anilines is 6. The Morgan fingerprint density at radius 1 is 0.327 bits per heavy atom. The highest BCUT2D eigenvalue weighted by Crippen LogP contribution is 2.47. The van der Waals surface area contributed by atoms with Crippen molar-refractivity contribution in [3.8, 4) is 11.1 Å². The summed E-state index contributed by atoms with van der Waals surface area (Å²) < 4.78 is 2.59. The molecule has 0 N–H and O–H groups in total. The molecule has 0 fully saturated rings. The van der Waals surface area contributed by atoms with E-state index in [1.54, 1.807) is 0 Å². The number of rotatable bonds is 7. The molecule has 3 heteroatoms. The van der Waals surface area contributed by atoms with Crippen molar-refractivity contribution < 1.29 is 0 Å². The lowest BCUT2D eigenvalue weighted by molar-refractivity contribution is 1.28. The molecule has 9 rings (SSSR count). The van der Waals surface area contributed by atoms with Crippen LogP contribution in [0.4, 0.5) is 34.1 Å². The summed E-state index contributed by atoms with van der Waals surface area (Å²) in [4.78, 5) is 4.75. The first kappa shape index (κ1) is 29.0. The monoisotopic (exact) mass is 644 g/mol. The molecule has 9 aromatic rings. The molecule has 2 nitrogen and oxygen atoms in total. The summed E-state index contributed by atoms with van der Waals surface area (Å²) in [6, 6.07) is 69.8. The van der Waals surface area contributed by atoms with Gasteiger partial charge in [-0.25, -0.2) is 0 Å². The second-order valence-electron chi connectivity index (χ2n) is 12.2. The molecule has 0 amide bonds. The predicted octanol–water partition coefficient (Wildman–Crippen LogP) is 13.8. The van der Waals surface area contributed by atoms with Gasteiger partial charge in [0.05, 0.1) is 16.1 Å². The lowest BCUT2D eigenvalue weighted by atomic mass is 9.98. The molecule has 0 atom stereocenters. The minimum Gasteiger partial charge on any atom is -0.311 e. The number of nitrogens with zero attached hydrogens (tertiary/aromatic N) is 2. The second-order valence-corrected chi connectivity index (χ2v) is 13.2. The van der Waals surface area contributed by atoms with E-state index >= 15 is 0 Å². The number of hydrogen-bond donors (Lipinski definition) is 0. The summed E-state index contributed by atoms with van der Waals surface area (Å²) >= 11 is 1.87. The molecule has 1 heterocycles. The molecular weight excluding hydrogens is 613 g/mol. The Balaban J connectivity index is 1.22. The molecule has 0 saturated carbocycles. The van der Waals surface area contributed by atoms with Crippen LogP contribution < -0.4 is 9.80 Å². The second kappa shape index (κ2) is 12.5. The highest BCUT2D eigenvalue weighted by atomic mass is 32.1. The van der Waals surface area contributed by atoms with E-state index in [1.807, 2.05) is 11.3 Å². The van der Waals surface area contributed by atoms with Crippen LogP contribution in [-0.4, -0.2) is 0 Å². The van der Waals surface area contributed by atoms with Gasteiger partial charge >= 0.3 is 0 Å². The zero-order valence-electron chi connectivity index (χ0n) is 26.8. The number of thiophene rings is 1. The van der Waals surface area contributed by atoms with Gasteiger partial charge in [-0.15, -0.1) is 11.3 Å². The standard InChI is InChI=1S/C46H32N2S/c1-4-16-36(17-5-1)47(37-18-6-2-7-19-37)39-29-27-33(28-30-39)35-31-34-15-10-11-22-40(34)44(32-35)48(38-20-8-3-9-21-38)43-25-14-24-42-41-23-12-13-26-45(41)49-46(42)43/h1-32H. The van der Waals surface area contributed by atoms with E-state index in [0.717, 1.165) is 28.4 Å². The third kappa shape index (κ3) is 5.31. The van der Waals surface area contributed by atoms with Crippen molar-refractivity contribution in [2.75, 3.05) is 9.80 Å². The van der Waals surface area contributed by atoms with Crippen molar-refractivity contribution in [1.82, 2.24) is 0 Å². The van der Waals surface area contributed by atoms with E-state index in [1.165, 1.54) is 47.8 Å². The van der Waals surface area contributed by atoms with E-state index in [2.05, 4.69) is 204 Å². The Morgan fingerprint density at radius 3 is 1.53 bits per heavy atom. The summed E-state index contributed by atoms with van der Waals surface area (Å²) in [7, 11) is 0. The molecule has 49 heavy (non-hydrogen) atoms. The molecule has 0 spiro atoms. The molecule has 1 aromatic heterocycles. The molecule has 0 aliphatic carbocycles. The summed E-state index contributed by atoms with van der Waals surface area (Å²) in [6.07, 6.45) is 0. The summed E-state index contributed by atoms with van der Waals surface area (Å²) in [5, 5.41) is 5.01. The Hall–Kier alpha value is -6.16. The number of benzene rings is 8. The van der Waals surface area contributed by atoms with Gasteiger partial charge in [-0.1, -0.05) is 121 Å². The van der Waals surface area contributed by atoms with E-state index < -0.39 is 0 Å². The van der Waals surface area contributed by atoms with Gasteiger partial charge in [0.25, 0.3) is 0 Å². The van der Waals surface area contributed by atoms with Crippen LogP contribution >= 0.6 is 11.3 Å². The Labute approximate surface area is 290 Å². The molecule has 0 radical (unpaired) electrons. The summed E-state index contributed by atoms with van der Waals surface area (Å²) in [5.74, 6) is 0. The maximum Gasteiger partial charge on any atom is 0.0640 e. The largest absolute Gasteiger partial charge is 0.311 e. The smallest absolute Gasteiger partial charge is 0.0640 e. The topological polar surface area (TPSA) is 6.48 Å². The fourth-order valence-corrected chi connectivity index (χ4v) is 8.15. The van der Waals surface area contributed by atoms with Gasteiger partial charge in [0.2, 0.25) is 0 Å². The van der Waals surface area contributed by atoms with Gasteiger partial charge in [0, 0.05) is 43.6 Å². The maximum atomic E-state index is 2.45. The van der Waals surface area contributed by atoms with E-state index in [9.17, 15) is 0 Å². The van der Waals surface area contributed by atoms with Crippen molar-refractivity contribution in [2.24, 2.45) is 0 Å². The third-order valence-corrected chi connectivity index (χ3v) is 10.4. The third-order valence-electron chi connectivity index (χ3n) is 9.21. The molecule has 8 aromatic carbocycles.